The standard InChI is InChI=1S/C28H27F3/c1-3-5-6-18-7-9-20(10-8-18)21-11-13-22(14-12-21)24-16-15-23-17-19(4-2)26(29)28(31)25(23)27(24)30/h3-4,11-18,20H,1-2,5-10H2. The van der Waals surface area contributed by atoms with Gasteiger partial charge in [-0.1, -0.05) is 55.1 Å². The van der Waals surface area contributed by atoms with Crippen LogP contribution in [0.3, 0.4) is 0 Å². The maximum Gasteiger partial charge on any atom is 0.170 e. The Labute approximate surface area is 182 Å². The summed E-state index contributed by atoms with van der Waals surface area (Å²) >= 11 is 0. The van der Waals surface area contributed by atoms with Gasteiger partial charge in [0.2, 0.25) is 0 Å². The Morgan fingerprint density at radius 2 is 1.55 bits per heavy atom. The van der Waals surface area contributed by atoms with E-state index < -0.39 is 17.5 Å². The molecular formula is C28H27F3. The summed E-state index contributed by atoms with van der Waals surface area (Å²) in [6.07, 6.45) is 10.3. The molecule has 4 rings (SSSR count). The molecule has 0 aliphatic heterocycles. The van der Waals surface area contributed by atoms with E-state index in [0.29, 0.717) is 16.9 Å². The van der Waals surface area contributed by atoms with E-state index in [1.54, 1.807) is 12.1 Å². The lowest BCUT2D eigenvalue weighted by Gasteiger charge is -2.28. The minimum atomic E-state index is -1.17. The highest BCUT2D eigenvalue weighted by Crippen LogP contribution is 2.39. The minimum Gasteiger partial charge on any atom is -0.206 e. The summed E-state index contributed by atoms with van der Waals surface area (Å²) in [5.41, 5.74) is 2.23. The van der Waals surface area contributed by atoms with E-state index in [1.165, 1.54) is 49.8 Å². The molecule has 0 spiro atoms. The Morgan fingerprint density at radius 1 is 0.839 bits per heavy atom. The molecule has 0 amide bonds. The fourth-order valence-corrected chi connectivity index (χ4v) is 4.85. The van der Waals surface area contributed by atoms with Crippen molar-refractivity contribution >= 4 is 16.8 Å². The average Bonchev–Trinajstić information content (AvgIpc) is 2.80. The molecule has 3 aromatic carbocycles. The highest BCUT2D eigenvalue weighted by Gasteiger charge is 2.22. The average molecular weight is 421 g/mol. The van der Waals surface area contributed by atoms with Crippen LogP contribution in [0.1, 0.15) is 55.6 Å². The van der Waals surface area contributed by atoms with Gasteiger partial charge in [-0.2, -0.15) is 0 Å². The second-order valence-corrected chi connectivity index (χ2v) is 8.53. The van der Waals surface area contributed by atoms with Crippen molar-refractivity contribution in [2.45, 2.75) is 44.4 Å². The van der Waals surface area contributed by atoms with Gasteiger partial charge in [-0.25, -0.2) is 13.2 Å². The van der Waals surface area contributed by atoms with Crippen LogP contribution in [0.25, 0.3) is 28.0 Å². The summed E-state index contributed by atoms with van der Waals surface area (Å²) in [6, 6.07) is 12.5. The first-order valence-corrected chi connectivity index (χ1v) is 11.0. The topological polar surface area (TPSA) is 0 Å². The zero-order chi connectivity index (χ0) is 22.0. The SMILES string of the molecule is C=CCCC1CCC(c2ccc(-c3ccc4cc(C=C)c(F)c(F)c4c3F)cc2)CC1. The van der Waals surface area contributed by atoms with Gasteiger partial charge in [0.05, 0.1) is 5.39 Å². The Hall–Kier alpha value is -2.81. The Bertz CT molecular complexity index is 1100. The van der Waals surface area contributed by atoms with Crippen LogP contribution < -0.4 is 0 Å². The highest BCUT2D eigenvalue weighted by atomic mass is 19.2. The molecule has 0 unspecified atom stereocenters. The summed E-state index contributed by atoms with van der Waals surface area (Å²) in [7, 11) is 0. The number of benzene rings is 3. The summed E-state index contributed by atoms with van der Waals surface area (Å²) < 4.78 is 43.9. The van der Waals surface area contributed by atoms with Crippen LogP contribution >= 0.6 is 0 Å². The molecule has 3 heteroatoms. The molecule has 0 nitrogen and oxygen atoms in total. The van der Waals surface area contributed by atoms with Gasteiger partial charge in [-0.05, 0) is 72.9 Å². The van der Waals surface area contributed by atoms with Crippen molar-refractivity contribution in [1.82, 2.24) is 0 Å². The lowest BCUT2D eigenvalue weighted by Crippen LogP contribution is -2.13. The maximum absolute atomic E-state index is 15.2. The molecule has 0 heterocycles. The molecule has 1 aliphatic carbocycles. The van der Waals surface area contributed by atoms with Crippen molar-refractivity contribution in [3.63, 3.8) is 0 Å². The van der Waals surface area contributed by atoms with Gasteiger partial charge in [-0.3, -0.25) is 0 Å². The van der Waals surface area contributed by atoms with Crippen LogP contribution in [-0.2, 0) is 0 Å². The van der Waals surface area contributed by atoms with Crippen LogP contribution in [0.5, 0.6) is 0 Å². The van der Waals surface area contributed by atoms with E-state index in [2.05, 4.69) is 13.2 Å². The summed E-state index contributed by atoms with van der Waals surface area (Å²) in [5.74, 6) is -1.66. The summed E-state index contributed by atoms with van der Waals surface area (Å²) in [6.45, 7) is 7.30. The number of rotatable bonds is 6. The number of halogens is 3. The van der Waals surface area contributed by atoms with Gasteiger partial charge in [0.15, 0.2) is 11.6 Å². The first-order valence-electron chi connectivity index (χ1n) is 11.0. The molecule has 31 heavy (non-hydrogen) atoms. The molecule has 0 N–H and O–H groups in total. The van der Waals surface area contributed by atoms with E-state index in [9.17, 15) is 8.78 Å². The number of fused-ring (bicyclic) bond motifs is 1. The normalized spacial score (nSPS) is 18.8. The van der Waals surface area contributed by atoms with E-state index >= 15 is 4.39 Å². The van der Waals surface area contributed by atoms with Gasteiger partial charge >= 0.3 is 0 Å². The third-order valence-electron chi connectivity index (χ3n) is 6.69. The summed E-state index contributed by atoms with van der Waals surface area (Å²) in [4.78, 5) is 0. The van der Waals surface area contributed by atoms with Gasteiger partial charge in [0, 0.05) is 11.1 Å². The van der Waals surface area contributed by atoms with Crippen molar-refractivity contribution in [3.8, 4) is 11.1 Å². The van der Waals surface area contributed by atoms with Gasteiger partial charge in [-0.15, -0.1) is 6.58 Å². The molecule has 160 valence electrons. The highest BCUT2D eigenvalue weighted by molar-refractivity contribution is 5.90. The van der Waals surface area contributed by atoms with Crippen molar-refractivity contribution < 1.29 is 13.2 Å². The fraction of sp³-hybridized carbons (Fsp3) is 0.286. The van der Waals surface area contributed by atoms with Crippen LogP contribution in [0, 0.1) is 23.4 Å². The molecule has 0 atom stereocenters. The monoisotopic (exact) mass is 420 g/mol. The van der Waals surface area contributed by atoms with Crippen LogP contribution in [0.15, 0.2) is 61.7 Å². The lowest BCUT2D eigenvalue weighted by atomic mass is 9.77. The molecule has 1 aliphatic rings. The predicted molar refractivity (Wildman–Crippen MR) is 123 cm³/mol. The third kappa shape index (κ3) is 4.19. The molecule has 1 fully saturated rings. The second kappa shape index (κ2) is 9.13. The Morgan fingerprint density at radius 3 is 2.19 bits per heavy atom. The quantitative estimate of drug-likeness (QED) is 0.350. The van der Waals surface area contributed by atoms with Gasteiger partial charge < -0.3 is 0 Å². The molecule has 3 aromatic rings. The van der Waals surface area contributed by atoms with Crippen molar-refractivity contribution in [2.75, 3.05) is 0 Å². The smallest absolute Gasteiger partial charge is 0.170 e. The molecule has 0 radical (unpaired) electrons. The van der Waals surface area contributed by atoms with Crippen LogP contribution in [0.4, 0.5) is 13.2 Å². The molecule has 0 bridgehead atoms. The van der Waals surface area contributed by atoms with Crippen molar-refractivity contribution in [2.24, 2.45) is 5.92 Å². The number of allylic oxidation sites excluding steroid dienone is 1. The molecular weight excluding hydrogens is 393 g/mol. The second-order valence-electron chi connectivity index (χ2n) is 8.53. The Balaban J connectivity index is 1.58. The minimum absolute atomic E-state index is 0.0284. The lowest BCUT2D eigenvalue weighted by molar-refractivity contribution is 0.312. The van der Waals surface area contributed by atoms with Crippen molar-refractivity contribution in [3.05, 3.63) is 90.3 Å². The van der Waals surface area contributed by atoms with E-state index in [4.69, 9.17) is 0 Å². The van der Waals surface area contributed by atoms with E-state index in [1.807, 2.05) is 30.3 Å². The zero-order valence-electron chi connectivity index (χ0n) is 17.6. The van der Waals surface area contributed by atoms with Gasteiger partial charge in [0.1, 0.15) is 5.82 Å². The largest absolute Gasteiger partial charge is 0.206 e. The molecule has 0 aromatic heterocycles. The summed E-state index contributed by atoms with van der Waals surface area (Å²) in [5, 5.41) is 0.00223. The van der Waals surface area contributed by atoms with Crippen LogP contribution in [0.2, 0.25) is 0 Å². The zero-order valence-corrected chi connectivity index (χ0v) is 17.6. The van der Waals surface area contributed by atoms with E-state index in [0.717, 1.165) is 12.3 Å². The van der Waals surface area contributed by atoms with Crippen LogP contribution in [-0.4, -0.2) is 0 Å². The van der Waals surface area contributed by atoms with E-state index in [-0.39, 0.29) is 16.5 Å². The maximum atomic E-state index is 15.2. The molecule has 0 saturated heterocycles. The first kappa shape index (κ1) is 21.4. The van der Waals surface area contributed by atoms with Gasteiger partial charge in [0.25, 0.3) is 0 Å². The number of hydrogen-bond donors (Lipinski definition) is 0. The predicted octanol–water partition coefficient (Wildman–Crippen LogP) is 8.81. The molecule has 1 saturated carbocycles. The van der Waals surface area contributed by atoms with Crippen molar-refractivity contribution in [1.29, 1.82) is 0 Å². The Kier molecular flexibility index (Phi) is 6.31. The number of hydrogen-bond acceptors (Lipinski definition) is 0. The fourth-order valence-electron chi connectivity index (χ4n) is 4.85. The first-order chi connectivity index (χ1) is 15.0. The third-order valence-corrected chi connectivity index (χ3v) is 6.69.